The summed E-state index contributed by atoms with van der Waals surface area (Å²) in [5, 5.41) is 22.9. The first kappa shape index (κ1) is 25.1. The number of hydrogen-bond donors (Lipinski definition) is 5. The van der Waals surface area contributed by atoms with Gasteiger partial charge in [0, 0.05) is 24.1 Å². The second-order valence-electron chi connectivity index (χ2n) is 7.57. The highest BCUT2D eigenvalue weighted by Crippen LogP contribution is 2.13. The standard InChI is InChI=1S/C21H31N3O6/c1-14(2)13-17(21(28)29)23-20(27)15-9-11-16(12-10-15)22-18(25)7-5-3-4-6-8-19(26)24-30/h9-12,14,17,30H,3-8,13H2,1-2H3,(H,22,25)(H,23,27)(H,24,26)(H,28,29). The highest BCUT2D eigenvalue weighted by Gasteiger charge is 2.21. The van der Waals surface area contributed by atoms with Gasteiger partial charge in [0.15, 0.2) is 0 Å². The molecule has 9 nitrogen and oxygen atoms in total. The zero-order valence-electron chi connectivity index (χ0n) is 17.4. The molecule has 0 aliphatic heterocycles. The molecule has 0 fully saturated rings. The van der Waals surface area contributed by atoms with Crippen LogP contribution in [0, 0.1) is 5.92 Å². The van der Waals surface area contributed by atoms with Crippen LogP contribution in [0.3, 0.4) is 0 Å². The fourth-order valence-electron chi connectivity index (χ4n) is 2.84. The monoisotopic (exact) mass is 421 g/mol. The lowest BCUT2D eigenvalue weighted by atomic mass is 10.0. The quantitative estimate of drug-likeness (QED) is 0.188. The molecule has 1 unspecified atom stereocenters. The largest absolute Gasteiger partial charge is 0.480 e. The summed E-state index contributed by atoms with van der Waals surface area (Å²) in [4.78, 5) is 46.4. The van der Waals surface area contributed by atoms with Gasteiger partial charge < -0.3 is 15.7 Å². The van der Waals surface area contributed by atoms with Crippen molar-refractivity contribution >= 4 is 29.4 Å². The van der Waals surface area contributed by atoms with E-state index in [2.05, 4.69) is 10.6 Å². The van der Waals surface area contributed by atoms with Crippen LogP contribution < -0.4 is 16.1 Å². The van der Waals surface area contributed by atoms with Crippen molar-refractivity contribution in [1.82, 2.24) is 10.8 Å². The Bertz CT molecular complexity index is 718. The van der Waals surface area contributed by atoms with Gasteiger partial charge in [-0.2, -0.15) is 0 Å². The number of unbranched alkanes of at least 4 members (excludes halogenated alkanes) is 3. The van der Waals surface area contributed by atoms with Crippen molar-refractivity contribution in [2.24, 2.45) is 5.92 Å². The third-order valence-electron chi connectivity index (χ3n) is 4.42. The second-order valence-corrected chi connectivity index (χ2v) is 7.57. The molecular weight excluding hydrogens is 390 g/mol. The number of aliphatic carboxylic acids is 1. The maximum atomic E-state index is 12.3. The van der Waals surface area contributed by atoms with E-state index in [9.17, 15) is 24.3 Å². The highest BCUT2D eigenvalue weighted by atomic mass is 16.5. The molecule has 166 valence electrons. The first-order chi connectivity index (χ1) is 14.2. The maximum Gasteiger partial charge on any atom is 0.326 e. The summed E-state index contributed by atoms with van der Waals surface area (Å²) in [6, 6.07) is 5.31. The minimum Gasteiger partial charge on any atom is -0.480 e. The number of amides is 3. The average Bonchev–Trinajstić information content (AvgIpc) is 2.69. The van der Waals surface area contributed by atoms with Crippen molar-refractivity contribution in [1.29, 1.82) is 0 Å². The second kappa shape index (κ2) is 13.3. The van der Waals surface area contributed by atoms with Crippen LogP contribution in [0.1, 0.15) is 69.2 Å². The van der Waals surface area contributed by atoms with Crippen molar-refractivity contribution in [2.45, 2.75) is 64.8 Å². The van der Waals surface area contributed by atoms with Crippen molar-refractivity contribution in [2.75, 3.05) is 5.32 Å². The van der Waals surface area contributed by atoms with Gasteiger partial charge in [0.05, 0.1) is 0 Å². The van der Waals surface area contributed by atoms with E-state index in [1.54, 1.807) is 17.6 Å². The molecule has 0 bridgehead atoms. The van der Waals surface area contributed by atoms with Crippen LogP contribution in [-0.2, 0) is 14.4 Å². The molecule has 0 spiro atoms. The average molecular weight is 421 g/mol. The number of benzene rings is 1. The number of carbonyl (C=O) groups is 4. The van der Waals surface area contributed by atoms with E-state index in [-0.39, 0.29) is 18.2 Å². The van der Waals surface area contributed by atoms with Gasteiger partial charge in [-0.25, -0.2) is 10.3 Å². The number of rotatable bonds is 13. The third-order valence-corrected chi connectivity index (χ3v) is 4.42. The van der Waals surface area contributed by atoms with E-state index in [4.69, 9.17) is 5.21 Å². The minimum atomic E-state index is -1.07. The Morgan fingerprint density at radius 2 is 1.47 bits per heavy atom. The fraction of sp³-hybridized carbons (Fsp3) is 0.524. The van der Waals surface area contributed by atoms with Gasteiger partial charge in [0.1, 0.15) is 6.04 Å². The Labute approximate surface area is 176 Å². The van der Waals surface area contributed by atoms with Crippen molar-refractivity contribution < 1.29 is 29.5 Å². The molecule has 0 saturated heterocycles. The summed E-state index contributed by atoms with van der Waals surface area (Å²) in [5.41, 5.74) is 2.44. The molecule has 0 saturated carbocycles. The maximum absolute atomic E-state index is 12.3. The molecule has 1 aromatic rings. The molecule has 0 aliphatic rings. The summed E-state index contributed by atoms with van der Waals surface area (Å²) in [7, 11) is 0. The number of hydrogen-bond acceptors (Lipinski definition) is 5. The predicted octanol–water partition coefficient (Wildman–Crippen LogP) is 2.70. The van der Waals surface area contributed by atoms with Gasteiger partial charge in [0.25, 0.3) is 5.91 Å². The smallest absolute Gasteiger partial charge is 0.326 e. The van der Waals surface area contributed by atoms with Crippen LogP contribution >= 0.6 is 0 Å². The Balaban J connectivity index is 2.41. The summed E-state index contributed by atoms with van der Waals surface area (Å²) in [6.45, 7) is 3.77. The van der Waals surface area contributed by atoms with Crippen molar-refractivity contribution in [3.63, 3.8) is 0 Å². The summed E-state index contributed by atoms with van der Waals surface area (Å²) in [6.07, 6.45) is 3.85. The molecule has 30 heavy (non-hydrogen) atoms. The van der Waals surface area contributed by atoms with Gasteiger partial charge >= 0.3 is 5.97 Å². The van der Waals surface area contributed by atoms with Crippen LogP contribution in [0.2, 0.25) is 0 Å². The lowest BCUT2D eigenvalue weighted by Gasteiger charge is -2.16. The molecule has 0 aromatic heterocycles. The van der Waals surface area contributed by atoms with Gasteiger partial charge in [-0.15, -0.1) is 0 Å². The van der Waals surface area contributed by atoms with Gasteiger partial charge in [-0.05, 0) is 49.4 Å². The number of carboxylic acid groups (broad SMARTS) is 1. The summed E-state index contributed by atoms with van der Waals surface area (Å²) in [5.74, 6) is -1.98. The molecule has 3 amide bonds. The van der Waals surface area contributed by atoms with Crippen LogP contribution in [0.5, 0.6) is 0 Å². The lowest BCUT2D eigenvalue weighted by Crippen LogP contribution is -2.41. The van der Waals surface area contributed by atoms with Gasteiger partial charge in [-0.1, -0.05) is 26.7 Å². The van der Waals surface area contributed by atoms with E-state index in [0.717, 1.165) is 12.8 Å². The van der Waals surface area contributed by atoms with Gasteiger partial charge in [0.2, 0.25) is 11.8 Å². The van der Waals surface area contributed by atoms with E-state index in [0.29, 0.717) is 36.9 Å². The number of carbonyl (C=O) groups excluding carboxylic acids is 3. The molecule has 5 N–H and O–H groups in total. The van der Waals surface area contributed by atoms with E-state index >= 15 is 0 Å². The molecular formula is C21H31N3O6. The van der Waals surface area contributed by atoms with Crippen LogP contribution in [0.4, 0.5) is 5.69 Å². The normalized spacial score (nSPS) is 11.6. The number of hydroxylamine groups is 1. The van der Waals surface area contributed by atoms with E-state index in [1.807, 2.05) is 13.8 Å². The minimum absolute atomic E-state index is 0.129. The zero-order chi connectivity index (χ0) is 22.5. The number of anilines is 1. The molecule has 1 atom stereocenters. The summed E-state index contributed by atoms with van der Waals surface area (Å²) < 4.78 is 0. The SMILES string of the molecule is CC(C)CC(NC(=O)c1ccc(NC(=O)CCCCCCC(=O)NO)cc1)C(=O)O. The van der Waals surface area contributed by atoms with E-state index in [1.165, 1.54) is 12.1 Å². The topological polar surface area (TPSA) is 145 Å². The molecule has 1 rings (SSSR count). The Morgan fingerprint density at radius 3 is 1.97 bits per heavy atom. The van der Waals surface area contributed by atoms with Crippen molar-refractivity contribution in [3.05, 3.63) is 29.8 Å². The van der Waals surface area contributed by atoms with Gasteiger partial charge in [-0.3, -0.25) is 19.6 Å². The molecule has 0 radical (unpaired) electrons. The summed E-state index contributed by atoms with van der Waals surface area (Å²) >= 11 is 0. The molecule has 0 aliphatic carbocycles. The number of carboxylic acids is 1. The van der Waals surface area contributed by atoms with Crippen LogP contribution in [0.15, 0.2) is 24.3 Å². The first-order valence-electron chi connectivity index (χ1n) is 10.1. The first-order valence-corrected chi connectivity index (χ1v) is 10.1. The predicted molar refractivity (Wildman–Crippen MR) is 111 cm³/mol. The van der Waals surface area contributed by atoms with E-state index < -0.39 is 23.8 Å². The molecule has 1 aromatic carbocycles. The Hall–Kier alpha value is -2.94. The Kier molecular flexibility index (Phi) is 11.1. The van der Waals surface area contributed by atoms with Crippen molar-refractivity contribution in [3.8, 4) is 0 Å². The fourth-order valence-corrected chi connectivity index (χ4v) is 2.84. The lowest BCUT2D eigenvalue weighted by molar-refractivity contribution is -0.139. The molecule has 9 heteroatoms. The number of nitrogens with one attached hydrogen (secondary N) is 3. The third kappa shape index (κ3) is 10.0. The van der Waals surface area contributed by atoms with Crippen LogP contribution in [-0.4, -0.2) is 40.0 Å². The molecule has 0 heterocycles. The van der Waals surface area contributed by atoms with Crippen LogP contribution in [0.25, 0.3) is 0 Å². The zero-order valence-corrected chi connectivity index (χ0v) is 17.4. The Morgan fingerprint density at radius 1 is 0.900 bits per heavy atom. The highest BCUT2D eigenvalue weighted by molar-refractivity contribution is 5.97.